The van der Waals surface area contributed by atoms with Crippen molar-refractivity contribution in [1.82, 2.24) is 0 Å². The molecule has 6 heteroatoms. The van der Waals surface area contributed by atoms with Crippen LogP contribution in [0.25, 0.3) is 0 Å². The Kier molecular flexibility index (Phi) is 4.44. The Hall–Kier alpha value is -1.72. The first-order chi connectivity index (χ1) is 9.81. The maximum absolute atomic E-state index is 12.5. The molecule has 2 rings (SSSR count). The fraction of sp³-hybridized carbons (Fsp3) is 0.200. The van der Waals surface area contributed by atoms with Gasteiger partial charge in [-0.25, -0.2) is 8.42 Å². The zero-order chi connectivity index (χ0) is 15.6. The molecule has 3 N–H and O–H groups in total. The molecular formula is C15H17ClN2O2S. The first kappa shape index (κ1) is 15.7. The van der Waals surface area contributed by atoms with E-state index < -0.39 is 10.0 Å². The lowest BCUT2D eigenvalue weighted by Gasteiger charge is -2.15. The van der Waals surface area contributed by atoms with Crippen molar-refractivity contribution in [2.24, 2.45) is 0 Å². The molecule has 0 fully saturated rings. The van der Waals surface area contributed by atoms with Gasteiger partial charge in [0, 0.05) is 5.02 Å². The van der Waals surface area contributed by atoms with Gasteiger partial charge in [0.25, 0.3) is 10.0 Å². The smallest absolute Gasteiger partial charge is 0.264 e. The number of nitrogens with two attached hydrogens (primary N) is 1. The molecular weight excluding hydrogens is 308 g/mol. The highest BCUT2D eigenvalue weighted by molar-refractivity contribution is 7.92. The van der Waals surface area contributed by atoms with E-state index in [-0.39, 0.29) is 16.5 Å². The van der Waals surface area contributed by atoms with Gasteiger partial charge >= 0.3 is 0 Å². The SMILES string of the molecule is CC(C)c1ccccc1NS(=O)(=O)c1cc(Cl)ccc1N. The van der Waals surface area contributed by atoms with Gasteiger partial charge in [0.15, 0.2) is 0 Å². The summed E-state index contributed by atoms with van der Waals surface area (Å²) < 4.78 is 27.6. The highest BCUT2D eigenvalue weighted by Gasteiger charge is 2.19. The first-order valence-electron chi connectivity index (χ1n) is 6.48. The second-order valence-corrected chi connectivity index (χ2v) is 7.12. The summed E-state index contributed by atoms with van der Waals surface area (Å²) in [5, 5.41) is 0.321. The highest BCUT2D eigenvalue weighted by Crippen LogP contribution is 2.28. The number of para-hydroxylation sites is 1. The molecule has 21 heavy (non-hydrogen) atoms. The zero-order valence-electron chi connectivity index (χ0n) is 11.8. The van der Waals surface area contributed by atoms with Crippen LogP contribution < -0.4 is 10.5 Å². The summed E-state index contributed by atoms with van der Waals surface area (Å²) in [6, 6.07) is 11.7. The van der Waals surface area contributed by atoms with Crippen LogP contribution >= 0.6 is 11.6 Å². The van der Waals surface area contributed by atoms with Crippen LogP contribution in [0.2, 0.25) is 5.02 Å². The number of halogens is 1. The number of nitrogen functional groups attached to an aromatic ring is 1. The molecule has 0 radical (unpaired) electrons. The van der Waals surface area contributed by atoms with Crippen LogP contribution in [0.4, 0.5) is 11.4 Å². The first-order valence-corrected chi connectivity index (χ1v) is 8.34. The lowest BCUT2D eigenvalue weighted by Crippen LogP contribution is -2.16. The number of benzene rings is 2. The fourth-order valence-electron chi connectivity index (χ4n) is 2.03. The number of sulfonamides is 1. The molecule has 0 saturated heterocycles. The van der Waals surface area contributed by atoms with Crippen molar-refractivity contribution in [2.75, 3.05) is 10.5 Å². The fourth-order valence-corrected chi connectivity index (χ4v) is 3.52. The van der Waals surface area contributed by atoms with Crippen LogP contribution in [-0.2, 0) is 10.0 Å². The Morgan fingerprint density at radius 3 is 2.48 bits per heavy atom. The Morgan fingerprint density at radius 2 is 1.81 bits per heavy atom. The molecule has 0 saturated carbocycles. The second kappa shape index (κ2) is 5.95. The molecule has 0 amide bonds. The zero-order valence-corrected chi connectivity index (χ0v) is 13.4. The Bertz CT molecular complexity index is 758. The van der Waals surface area contributed by atoms with Gasteiger partial charge in [-0.05, 0) is 35.7 Å². The number of hydrogen-bond donors (Lipinski definition) is 2. The third kappa shape index (κ3) is 3.49. The van der Waals surface area contributed by atoms with Gasteiger partial charge in [0.1, 0.15) is 4.90 Å². The lowest BCUT2D eigenvalue weighted by atomic mass is 10.0. The minimum Gasteiger partial charge on any atom is -0.398 e. The Morgan fingerprint density at radius 1 is 1.14 bits per heavy atom. The summed E-state index contributed by atoms with van der Waals surface area (Å²) in [6.07, 6.45) is 0. The predicted molar refractivity (Wildman–Crippen MR) is 87.2 cm³/mol. The summed E-state index contributed by atoms with van der Waals surface area (Å²) >= 11 is 5.86. The van der Waals surface area contributed by atoms with E-state index in [4.69, 9.17) is 17.3 Å². The number of hydrogen-bond acceptors (Lipinski definition) is 3. The van der Waals surface area contributed by atoms with Crippen LogP contribution in [0.1, 0.15) is 25.3 Å². The molecule has 0 aliphatic heterocycles. The summed E-state index contributed by atoms with van der Waals surface area (Å²) in [6.45, 7) is 4.00. The number of anilines is 2. The summed E-state index contributed by atoms with van der Waals surface area (Å²) in [5.74, 6) is 0.195. The maximum atomic E-state index is 12.5. The molecule has 112 valence electrons. The van der Waals surface area contributed by atoms with Crippen molar-refractivity contribution in [3.05, 3.63) is 53.1 Å². The average molecular weight is 325 g/mol. The van der Waals surface area contributed by atoms with Crippen LogP contribution in [0.5, 0.6) is 0 Å². The highest BCUT2D eigenvalue weighted by atomic mass is 35.5. The van der Waals surface area contributed by atoms with Crippen LogP contribution in [0.15, 0.2) is 47.4 Å². The molecule has 2 aromatic carbocycles. The van der Waals surface area contributed by atoms with Gasteiger partial charge < -0.3 is 5.73 Å². The van der Waals surface area contributed by atoms with Crippen LogP contribution in [0.3, 0.4) is 0 Å². The minimum atomic E-state index is -3.78. The molecule has 0 bridgehead atoms. The van der Waals surface area contributed by atoms with Gasteiger partial charge in [-0.3, -0.25) is 4.72 Å². The van der Waals surface area contributed by atoms with Crippen molar-refractivity contribution in [3.63, 3.8) is 0 Å². The monoisotopic (exact) mass is 324 g/mol. The Labute approximate surface area is 130 Å². The minimum absolute atomic E-state index is 0.0199. The van der Waals surface area contributed by atoms with E-state index >= 15 is 0 Å². The quantitative estimate of drug-likeness (QED) is 0.839. The van der Waals surface area contributed by atoms with Gasteiger partial charge in [-0.1, -0.05) is 43.6 Å². The molecule has 0 aliphatic rings. The Balaban J connectivity index is 2.45. The van der Waals surface area contributed by atoms with Crippen molar-refractivity contribution in [1.29, 1.82) is 0 Å². The normalized spacial score (nSPS) is 11.6. The molecule has 0 spiro atoms. The maximum Gasteiger partial charge on any atom is 0.264 e. The largest absolute Gasteiger partial charge is 0.398 e. The van der Waals surface area contributed by atoms with Crippen molar-refractivity contribution < 1.29 is 8.42 Å². The summed E-state index contributed by atoms with van der Waals surface area (Å²) in [4.78, 5) is -0.0199. The van der Waals surface area contributed by atoms with Crippen molar-refractivity contribution in [2.45, 2.75) is 24.7 Å². The molecule has 0 aliphatic carbocycles. The lowest BCUT2D eigenvalue weighted by molar-refractivity contribution is 0.601. The molecule has 2 aromatic rings. The number of nitrogens with one attached hydrogen (secondary N) is 1. The predicted octanol–water partition coefficient (Wildman–Crippen LogP) is 3.85. The van der Waals surface area contributed by atoms with E-state index in [1.807, 2.05) is 26.0 Å². The molecule has 0 heterocycles. The van der Waals surface area contributed by atoms with E-state index in [9.17, 15) is 8.42 Å². The van der Waals surface area contributed by atoms with E-state index in [0.29, 0.717) is 10.7 Å². The van der Waals surface area contributed by atoms with Gasteiger partial charge in [-0.2, -0.15) is 0 Å². The third-order valence-electron chi connectivity index (χ3n) is 3.09. The third-order valence-corrected chi connectivity index (χ3v) is 4.75. The van der Waals surface area contributed by atoms with E-state index in [0.717, 1.165) is 5.56 Å². The second-order valence-electron chi connectivity index (χ2n) is 5.03. The van der Waals surface area contributed by atoms with Crippen LogP contribution in [0, 0.1) is 0 Å². The molecule has 0 unspecified atom stereocenters. The van der Waals surface area contributed by atoms with Gasteiger partial charge in [0.05, 0.1) is 11.4 Å². The molecule has 4 nitrogen and oxygen atoms in total. The summed E-state index contributed by atoms with van der Waals surface area (Å²) in [7, 11) is -3.78. The van der Waals surface area contributed by atoms with E-state index in [1.54, 1.807) is 18.2 Å². The van der Waals surface area contributed by atoms with Crippen LogP contribution in [-0.4, -0.2) is 8.42 Å². The molecule has 0 atom stereocenters. The topological polar surface area (TPSA) is 72.2 Å². The van der Waals surface area contributed by atoms with E-state index in [1.165, 1.54) is 12.1 Å². The van der Waals surface area contributed by atoms with E-state index in [2.05, 4.69) is 4.72 Å². The van der Waals surface area contributed by atoms with Gasteiger partial charge in [-0.15, -0.1) is 0 Å². The molecule has 0 aromatic heterocycles. The van der Waals surface area contributed by atoms with Gasteiger partial charge in [0.2, 0.25) is 0 Å². The average Bonchev–Trinajstić information content (AvgIpc) is 2.41. The summed E-state index contributed by atoms with van der Waals surface area (Å²) in [5.41, 5.74) is 7.38. The van der Waals surface area contributed by atoms with Crippen molar-refractivity contribution >= 4 is 33.0 Å². The standard InChI is InChI=1S/C15H17ClN2O2S/c1-10(2)12-5-3-4-6-14(12)18-21(19,20)15-9-11(16)7-8-13(15)17/h3-10,18H,17H2,1-2H3. The van der Waals surface area contributed by atoms with Crippen molar-refractivity contribution in [3.8, 4) is 0 Å². The number of rotatable bonds is 4.